The summed E-state index contributed by atoms with van der Waals surface area (Å²) >= 11 is 0. The van der Waals surface area contributed by atoms with Gasteiger partial charge in [-0.15, -0.1) is 0 Å². The van der Waals surface area contributed by atoms with E-state index in [-0.39, 0.29) is 31.1 Å². The van der Waals surface area contributed by atoms with E-state index in [0.29, 0.717) is 19.3 Å². The lowest BCUT2D eigenvalue weighted by molar-refractivity contribution is -0.167. The smallest absolute Gasteiger partial charge is 0.306 e. The van der Waals surface area contributed by atoms with Gasteiger partial charge in [-0.25, -0.2) is 0 Å². The Morgan fingerprint density at radius 3 is 0.737 bits per heavy atom. The Morgan fingerprint density at radius 1 is 0.263 bits per heavy atom. The molecular weight excluding hydrogens is 937 g/mol. The van der Waals surface area contributed by atoms with E-state index in [1.54, 1.807) is 0 Å². The zero-order valence-electron chi connectivity index (χ0n) is 51.3. The van der Waals surface area contributed by atoms with Crippen LogP contribution in [0.25, 0.3) is 0 Å². The van der Waals surface area contributed by atoms with Crippen molar-refractivity contribution in [2.24, 2.45) is 0 Å². The lowest BCUT2D eigenvalue weighted by Gasteiger charge is -2.18. The van der Waals surface area contributed by atoms with Crippen LogP contribution in [0.15, 0.2) is 36.5 Å². The summed E-state index contributed by atoms with van der Waals surface area (Å²) in [6.07, 6.45) is 80.4. The number of unbranched alkanes of at least 4 members (excludes halogenated alkanes) is 46. The summed E-state index contributed by atoms with van der Waals surface area (Å²) in [7, 11) is 0. The summed E-state index contributed by atoms with van der Waals surface area (Å²) in [5, 5.41) is 0. The standard InChI is InChI=1S/C70H130O6/c1-4-7-10-13-16-19-22-24-26-27-28-29-30-31-32-33-34-35-36-37-38-39-40-41-42-43-45-46-48-51-54-57-60-63-69(72)75-66-67(65-74-68(71)62-59-56-53-50-21-18-15-12-9-6-3)76-70(73)64-61-58-55-52-49-47-44-25-23-20-17-14-11-8-5-2/h22,24,27-28,30-31,67H,4-21,23,25-26,29,32-66H2,1-3H3/b24-22-,28-27-,31-30-. The van der Waals surface area contributed by atoms with Crippen LogP contribution in [-0.4, -0.2) is 37.2 Å². The minimum absolute atomic E-state index is 0.0649. The zero-order valence-corrected chi connectivity index (χ0v) is 51.3. The molecule has 0 rings (SSSR count). The van der Waals surface area contributed by atoms with E-state index >= 15 is 0 Å². The van der Waals surface area contributed by atoms with Crippen LogP contribution in [0.1, 0.15) is 374 Å². The molecule has 6 heteroatoms. The van der Waals surface area contributed by atoms with Gasteiger partial charge in [-0.2, -0.15) is 0 Å². The topological polar surface area (TPSA) is 78.9 Å². The molecule has 446 valence electrons. The van der Waals surface area contributed by atoms with E-state index in [1.807, 2.05) is 0 Å². The molecule has 0 aliphatic heterocycles. The van der Waals surface area contributed by atoms with Crippen LogP contribution in [0.2, 0.25) is 0 Å². The SMILES string of the molecule is CCCCCCC/C=C\C/C=C\C/C=C\CCCCCCCCCCCCCCCCCCCCC(=O)OCC(COC(=O)CCCCCCCCCCCC)OC(=O)CCCCCCCCCCCCCCCCC. The van der Waals surface area contributed by atoms with Gasteiger partial charge in [0.15, 0.2) is 6.10 Å². The highest BCUT2D eigenvalue weighted by molar-refractivity contribution is 5.71. The number of carbonyl (C=O) groups is 3. The molecule has 0 radical (unpaired) electrons. The number of hydrogen-bond donors (Lipinski definition) is 0. The number of ether oxygens (including phenoxy) is 3. The minimum Gasteiger partial charge on any atom is -0.462 e. The van der Waals surface area contributed by atoms with Crippen LogP contribution in [0.4, 0.5) is 0 Å². The predicted molar refractivity (Wildman–Crippen MR) is 330 cm³/mol. The van der Waals surface area contributed by atoms with E-state index < -0.39 is 6.10 Å². The van der Waals surface area contributed by atoms with Crippen molar-refractivity contribution in [2.45, 2.75) is 380 Å². The lowest BCUT2D eigenvalue weighted by atomic mass is 10.0. The van der Waals surface area contributed by atoms with Gasteiger partial charge in [-0.3, -0.25) is 14.4 Å². The summed E-state index contributed by atoms with van der Waals surface area (Å²) in [5.41, 5.74) is 0. The largest absolute Gasteiger partial charge is 0.462 e. The van der Waals surface area contributed by atoms with Crippen LogP contribution in [0.5, 0.6) is 0 Å². The van der Waals surface area contributed by atoms with Gasteiger partial charge < -0.3 is 14.2 Å². The number of carbonyl (C=O) groups excluding carboxylic acids is 3. The first-order valence-electron chi connectivity index (χ1n) is 34.0. The lowest BCUT2D eigenvalue weighted by Crippen LogP contribution is -2.30. The molecule has 1 unspecified atom stereocenters. The average Bonchev–Trinajstić information content (AvgIpc) is 3.42. The van der Waals surface area contributed by atoms with Crippen LogP contribution in [0, 0.1) is 0 Å². The Bertz CT molecular complexity index is 1270. The second-order valence-electron chi connectivity index (χ2n) is 23.1. The molecule has 76 heavy (non-hydrogen) atoms. The van der Waals surface area contributed by atoms with Crippen molar-refractivity contribution in [2.75, 3.05) is 13.2 Å². The molecule has 0 saturated carbocycles. The molecule has 0 aromatic rings. The molecule has 0 amide bonds. The maximum atomic E-state index is 12.9. The van der Waals surface area contributed by atoms with Crippen LogP contribution in [-0.2, 0) is 28.6 Å². The first-order chi connectivity index (χ1) is 37.5. The number of esters is 3. The first-order valence-corrected chi connectivity index (χ1v) is 34.0. The maximum absolute atomic E-state index is 12.9. The third-order valence-electron chi connectivity index (χ3n) is 15.4. The predicted octanol–water partition coefficient (Wildman–Crippen LogP) is 23.2. The third kappa shape index (κ3) is 62.5. The monoisotopic (exact) mass is 1070 g/mol. The number of rotatable bonds is 63. The maximum Gasteiger partial charge on any atom is 0.306 e. The highest BCUT2D eigenvalue weighted by atomic mass is 16.6. The Kier molecular flexibility index (Phi) is 63.1. The summed E-state index contributed by atoms with van der Waals surface area (Å²) < 4.78 is 16.9. The van der Waals surface area contributed by atoms with Crippen molar-refractivity contribution in [3.8, 4) is 0 Å². The summed E-state index contributed by atoms with van der Waals surface area (Å²) in [5.74, 6) is -0.840. The molecule has 0 aromatic heterocycles. The van der Waals surface area contributed by atoms with Crippen molar-refractivity contribution < 1.29 is 28.6 Å². The second kappa shape index (κ2) is 65.2. The van der Waals surface area contributed by atoms with Crippen molar-refractivity contribution in [1.82, 2.24) is 0 Å². The quantitative estimate of drug-likeness (QED) is 0.0261. The minimum atomic E-state index is -0.765. The van der Waals surface area contributed by atoms with Crippen LogP contribution in [0.3, 0.4) is 0 Å². The van der Waals surface area contributed by atoms with E-state index in [0.717, 1.165) is 70.6 Å². The third-order valence-corrected chi connectivity index (χ3v) is 15.4. The molecule has 0 bridgehead atoms. The fourth-order valence-corrected chi connectivity index (χ4v) is 10.3. The molecule has 0 heterocycles. The van der Waals surface area contributed by atoms with E-state index in [4.69, 9.17) is 14.2 Å². The Morgan fingerprint density at radius 2 is 0.474 bits per heavy atom. The van der Waals surface area contributed by atoms with Gasteiger partial charge in [0.05, 0.1) is 0 Å². The summed E-state index contributed by atoms with van der Waals surface area (Å²) in [4.78, 5) is 38.2. The van der Waals surface area contributed by atoms with Gasteiger partial charge in [0, 0.05) is 19.3 Å². The molecule has 0 N–H and O–H groups in total. The summed E-state index contributed by atoms with van der Waals surface area (Å²) in [6.45, 7) is 6.68. The first kappa shape index (κ1) is 73.6. The Balaban J connectivity index is 4.04. The Hall–Kier alpha value is -2.37. The molecule has 0 aliphatic rings. The normalized spacial score (nSPS) is 12.2. The van der Waals surface area contributed by atoms with E-state index in [9.17, 15) is 14.4 Å². The van der Waals surface area contributed by atoms with E-state index in [1.165, 1.54) is 263 Å². The van der Waals surface area contributed by atoms with Gasteiger partial charge in [0.25, 0.3) is 0 Å². The second-order valence-corrected chi connectivity index (χ2v) is 23.1. The number of allylic oxidation sites excluding steroid dienone is 6. The zero-order chi connectivity index (χ0) is 55.0. The molecule has 0 spiro atoms. The molecule has 0 aliphatic carbocycles. The Labute approximate surface area is 474 Å². The van der Waals surface area contributed by atoms with Gasteiger partial charge >= 0.3 is 17.9 Å². The van der Waals surface area contributed by atoms with Gasteiger partial charge in [0.2, 0.25) is 0 Å². The van der Waals surface area contributed by atoms with Crippen molar-refractivity contribution in [3.05, 3.63) is 36.5 Å². The highest BCUT2D eigenvalue weighted by Crippen LogP contribution is 2.18. The fourth-order valence-electron chi connectivity index (χ4n) is 10.3. The molecule has 6 nitrogen and oxygen atoms in total. The van der Waals surface area contributed by atoms with Crippen LogP contribution >= 0.6 is 0 Å². The molecule has 0 saturated heterocycles. The van der Waals surface area contributed by atoms with Crippen LogP contribution < -0.4 is 0 Å². The van der Waals surface area contributed by atoms with Crippen molar-refractivity contribution in [3.63, 3.8) is 0 Å². The van der Waals surface area contributed by atoms with Crippen molar-refractivity contribution >= 4 is 17.9 Å². The number of hydrogen-bond acceptors (Lipinski definition) is 6. The van der Waals surface area contributed by atoms with E-state index in [2.05, 4.69) is 57.2 Å². The molecule has 1 atom stereocenters. The molecular formula is C70H130O6. The molecule has 0 aromatic carbocycles. The summed E-state index contributed by atoms with van der Waals surface area (Å²) in [6, 6.07) is 0. The van der Waals surface area contributed by atoms with Crippen molar-refractivity contribution in [1.29, 1.82) is 0 Å². The fraction of sp³-hybridized carbons (Fsp3) is 0.871. The average molecular weight is 1070 g/mol. The van der Waals surface area contributed by atoms with Gasteiger partial charge in [0.1, 0.15) is 13.2 Å². The van der Waals surface area contributed by atoms with Gasteiger partial charge in [-0.1, -0.05) is 333 Å². The highest BCUT2D eigenvalue weighted by Gasteiger charge is 2.19. The molecule has 0 fully saturated rings. The van der Waals surface area contributed by atoms with Gasteiger partial charge in [-0.05, 0) is 57.8 Å².